The van der Waals surface area contributed by atoms with E-state index in [2.05, 4.69) is 48.1 Å². The van der Waals surface area contributed by atoms with E-state index in [0.717, 1.165) is 25.6 Å². The van der Waals surface area contributed by atoms with Gasteiger partial charge in [0.25, 0.3) is 0 Å². The molecule has 1 N–H and O–H groups in total. The summed E-state index contributed by atoms with van der Waals surface area (Å²) in [6.07, 6.45) is 7.09. The molecule has 1 aromatic heterocycles. The van der Waals surface area contributed by atoms with Crippen molar-refractivity contribution in [1.82, 2.24) is 15.2 Å². The number of hydrogen-bond donors (Lipinski definition) is 1. The summed E-state index contributed by atoms with van der Waals surface area (Å²) in [7, 11) is 0. The van der Waals surface area contributed by atoms with E-state index in [1.165, 1.54) is 31.4 Å². The second-order valence-electron chi connectivity index (χ2n) is 6.43. The lowest BCUT2D eigenvalue weighted by atomic mass is 9.82. The van der Waals surface area contributed by atoms with Gasteiger partial charge in [-0.3, -0.25) is 9.88 Å². The quantitative estimate of drug-likeness (QED) is 0.833. The van der Waals surface area contributed by atoms with E-state index >= 15 is 0 Å². The van der Waals surface area contributed by atoms with Gasteiger partial charge in [0.15, 0.2) is 0 Å². The lowest BCUT2D eigenvalue weighted by Gasteiger charge is -2.42. The highest BCUT2D eigenvalue weighted by Gasteiger charge is 2.32. The van der Waals surface area contributed by atoms with Crippen molar-refractivity contribution < 1.29 is 0 Å². The maximum atomic E-state index is 4.51. The Morgan fingerprint density at radius 3 is 2.81 bits per heavy atom. The molecule has 0 aliphatic heterocycles. The molecule has 3 atom stereocenters. The van der Waals surface area contributed by atoms with Gasteiger partial charge in [-0.2, -0.15) is 0 Å². The molecule has 0 spiro atoms. The monoisotopic (exact) mass is 289 g/mol. The van der Waals surface area contributed by atoms with Crippen LogP contribution in [0.4, 0.5) is 0 Å². The molecule has 0 saturated heterocycles. The average molecular weight is 289 g/mol. The zero-order valence-corrected chi connectivity index (χ0v) is 13.9. The van der Waals surface area contributed by atoms with Crippen molar-refractivity contribution >= 4 is 0 Å². The summed E-state index contributed by atoms with van der Waals surface area (Å²) in [5.74, 6) is 0.840. The smallest absolute Gasteiger partial charge is 0.0544 e. The number of nitrogens with one attached hydrogen (secondary N) is 1. The topological polar surface area (TPSA) is 28.2 Å². The highest BCUT2D eigenvalue weighted by Crippen LogP contribution is 2.28. The van der Waals surface area contributed by atoms with E-state index in [-0.39, 0.29) is 0 Å². The van der Waals surface area contributed by atoms with Crippen LogP contribution in [0.5, 0.6) is 0 Å². The van der Waals surface area contributed by atoms with Crippen molar-refractivity contribution in [1.29, 1.82) is 0 Å². The summed E-state index contributed by atoms with van der Waals surface area (Å²) in [6.45, 7) is 10.1. The van der Waals surface area contributed by atoms with Crippen LogP contribution in [0.25, 0.3) is 0 Å². The molecule has 0 bridgehead atoms. The van der Waals surface area contributed by atoms with E-state index in [9.17, 15) is 0 Å². The summed E-state index contributed by atoms with van der Waals surface area (Å²) in [5, 5.41) is 3.78. The second-order valence-corrected chi connectivity index (χ2v) is 6.43. The van der Waals surface area contributed by atoms with Gasteiger partial charge in [-0.25, -0.2) is 0 Å². The number of rotatable bonds is 7. The van der Waals surface area contributed by atoms with Crippen molar-refractivity contribution in [3.63, 3.8) is 0 Å². The highest BCUT2D eigenvalue weighted by atomic mass is 15.2. The zero-order chi connectivity index (χ0) is 15.1. The molecular weight excluding hydrogens is 258 g/mol. The summed E-state index contributed by atoms with van der Waals surface area (Å²) in [5.41, 5.74) is 1.19. The average Bonchev–Trinajstić information content (AvgIpc) is 2.52. The molecule has 3 heteroatoms. The van der Waals surface area contributed by atoms with Crippen LogP contribution < -0.4 is 5.32 Å². The lowest BCUT2D eigenvalue weighted by Crippen LogP contribution is -2.53. The number of aromatic nitrogens is 1. The zero-order valence-electron chi connectivity index (χ0n) is 13.9. The fourth-order valence-electron chi connectivity index (χ4n) is 3.49. The van der Waals surface area contributed by atoms with Crippen LogP contribution in [0.3, 0.4) is 0 Å². The molecular formula is C18H31N3. The predicted molar refractivity (Wildman–Crippen MR) is 89.2 cm³/mol. The van der Waals surface area contributed by atoms with E-state index in [4.69, 9.17) is 0 Å². The van der Waals surface area contributed by atoms with Crippen molar-refractivity contribution in [2.45, 2.75) is 65.1 Å². The van der Waals surface area contributed by atoms with Gasteiger partial charge in [0, 0.05) is 24.8 Å². The van der Waals surface area contributed by atoms with Crippen LogP contribution in [0.1, 0.15) is 52.1 Å². The number of pyridine rings is 1. The summed E-state index contributed by atoms with van der Waals surface area (Å²) < 4.78 is 0. The minimum atomic E-state index is 0.643. The molecule has 0 amide bonds. The van der Waals surface area contributed by atoms with Gasteiger partial charge in [-0.05, 0) is 56.8 Å². The van der Waals surface area contributed by atoms with Crippen LogP contribution in [0.2, 0.25) is 0 Å². The fourth-order valence-corrected chi connectivity index (χ4v) is 3.49. The van der Waals surface area contributed by atoms with Gasteiger partial charge >= 0.3 is 0 Å². The van der Waals surface area contributed by atoms with Crippen LogP contribution >= 0.6 is 0 Å². The largest absolute Gasteiger partial charge is 0.312 e. The Hall–Kier alpha value is -0.930. The van der Waals surface area contributed by atoms with Gasteiger partial charge in [0.05, 0.1) is 5.69 Å². The summed E-state index contributed by atoms with van der Waals surface area (Å²) in [4.78, 5) is 7.12. The molecule has 1 heterocycles. The first-order valence-corrected chi connectivity index (χ1v) is 8.61. The third-order valence-corrected chi connectivity index (χ3v) is 4.70. The van der Waals surface area contributed by atoms with Gasteiger partial charge in [-0.1, -0.05) is 26.8 Å². The summed E-state index contributed by atoms with van der Waals surface area (Å²) in [6, 6.07) is 7.52. The van der Waals surface area contributed by atoms with Crippen molar-refractivity contribution in [2.24, 2.45) is 5.92 Å². The van der Waals surface area contributed by atoms with Crippen LogP contribution in [0, 0.1) is 5.92 Å². The molecule has 3 nitrogen and oxygen atoms in total. The lowest BCUT2D eigenvalue weighted by molar-refractivity contribution is 0.0982. The Morgan fingerprint density at radius 1 is 1.29 bits per heavy atom. The molecule has 1 aliphatic carbocycles. The molecule has 1 aliphatic rings. The minimum absolute atomic E-state index is 0.643. The molecule has 3 unspecified atom stereocenters. The molecule has 118 valence electrons. The van der Waals surface area contributed by atoms with Crippen molar-refractivity contribution in [3.05, 3.63) is 30.1 Å². The van der Waals surface area contributed by atoms with E-state index in [0.29, 0.717) is 12.1 Å². The number of hydrogen-bond acceptors (Lipinski definition) is 3. The van der Waals surface area contributed by atoms with E-state index in [1.54, 1.807) is 0 Å². The first-order chi connectivity index (χ1) is 10.2. The van der Waals surface area contributed by atoms with Gasteiger partial charge < -0.3 is 5.32 Å². The summed E-state index contributed by atoms with van der Waals surface area (Å²) >= 11 is 0. The molecule has 0 radical (unpaired) electrons. The second kappa shape index (κ2) is 8.50. The molecule has 21 heavy (non-hydrogen) atoms. The van der Waals surface area contributed by atoms with Gasteiger partial charge in [0.2, 0.25) is 0 Å². The first kappa shape index (κ1) is 16.4. The Morgan fingerprint density at radius 2 is 2.14 bits per heavy atom. The SMILES string of the molecule is CCCNC1CCC(C)CC1N(CC)Cc1ccccn1. The maximum Gasteiger partial charge on any atom is 0.0544 e. The Labute approximate surface area is 130 Å². The standard InChI is InChI=1S/C18H31N3/c1-4-11-20-17-10-9-15(3)13-18(17)21(5-2)14-16-8-6-7-12-19-16/h6-8,12,15,17-18,20H,4-5,9-11,13-14H2,1-3H3. The minimum Gasteiger partial charge on any atom is -0.312 e. The van der Waals surface area contributed by atoms with E-state index < -0.39 is 0 Å². The van der Waals surface area contributed by atoms with E-state index in [1.807, 2.05) is 12.3 Å². The van der Waals surface area contributed by atoms with Crippen LogP contribution in [-0.2, 0) is 6.54 Å². The normalized spacial score (nSPS) is 26.2. The Kier molecular flexibility index (Phi) is 6.65. The maximum absolute atomic E-state index is 4.51. The third kappa shape index (κ3) is 4.79. The Bertz CT molecular complexity index is 391. The molecule has 2 rings (SSSR count). The Balaban J connectivity index is 2.04. The first-order valence-electron chi connectivity index (χ1n) is 8.61. The van der Waals surface area contributed by atoms with Crippen molar-refractivity contribution in [2.75, 3.05) is 13.1 Å². The molecule has 1 saturated carbocycles. The van der Waals surface area contributed by atoms with Gasteiger partial charge in [-0.15, -0.1) is 0 Å². The number of likely N-dealkylation sites (N-methyl/N-ethyl adjacent to an activating group) is 1. The molecule has 1 fully saturated rings. The third-order valence-electron chi connectivity index (χ3n) is 4.70. The van der Waals surface area contributed by atoms with Crippen LogP contribution in [0.15, 0.2) is 24.4 Å². The van der Waals surface area contributed by atoms with Crippen LogP contribution in [-0.4, -0.2) is 35.1 Å². The molecule has 1 aromatic rings. The highest BCUT2D eigenvalue weighted by molar-refractivity contribution is 5.04. The number of nitrogens with zero attached hydrogens (tertiary/aromatic N) is 2. The van der Waals surface area contributed by atoms with Crippen molar-refractivity contribution in [3.8, 4) is 0 Å². The van der Waals surface area contributed by atoms with Gasteiger partial charge in [0.1, 0.15) is 0 Å². The fraction of sp³-hybridized carbons (Fsp3) is 0.722. The predicted octanol–water partition coefficient (Wildman–Crippen LogP) is 3.46. The molecule has 0 aromatic carbocycles.